The third-order valence-corrected chi connectivity index (χ3v) is 4.07. The Labute approximate surface area is 116 Å². The highest BCUT2D eigenvalue weighted by atomic mass is 32.2. The number of thioether (sulfide) groups is 1. The molecule has 0 aliphatic heterocycles. The maximum atomic E-state index is 9.28. The summed E-state index contributed by atoms with van der Waals surface area (Å²) in [5.74, 6) is 0.820. The third-order valence-electron chi connectivity index (χ3n) is 2.77. The molecule has 0 radical (unpaired) electrons. The van der Waals surface area contributed by atoms with Crippen molar-refractivity contribution in [3.05, 3.63) is 18.2 Å². The summed E-state index contributed by atoms with van der Waals surface area (Å²) in [6, 6.07) is 5.65. The van der Waals surface area contributed by atoms with Gasteiger partial charge in [0.15, 0.2) is 5.16 Å². The molecule has 104 valence electrons. The Morgan fingerprint density at radius 3 is 2.95 bits per heavy atom. The maximum absolute atomic E-state index is 9.28. The highest BCUT2D eigenvalue weighted by molar-refractivity contribution is 7.99. The SMILES string of the molecule is CCOc1ccc2nc(SC(CO)C(C)N)[nH]c2c1. The third kappa shape index (κ3) is 3.40. The monoisotopic (exact) mass is 281 g/mol. The molecule has 19 heavy (non-hydrogen) atoms. The van der Waals surface area contributed by atoms with Crippen LogP contribution >= 0.6 is 11.8 Å². The fourth-order valence-corrected chi connectivity index (χ4v) is 2.63. The summed E-state index contributed by atoms with van der Waals surface area (Å²) in [4.78, 5) is 7.69. The van der Waals surface area contributed by atoms with Crippen LogP contribution in [0.5, 0.6) is 5.75 Å². The molecule has 0 spiro atoms. The van der Waals surface area contributed by atoms with Crippen LogP contribution in [0, 0.1) is 0 Å². The van der Waals surface area contributed by atoms with Crippen LogP contribution in [-0.2, 0) is 0 Å². The molecule has 2 unspecified atom stereocenters. The summed E-state index contributed by atoms with van der Waals surface area (Å²) in [6.45, 7) is 4.50. The number of ether oxygens (including phenoxy) is 1. The van der Waals surface area contributed by atoms with Crippen LogP contribution in [0.3, 0.4) is 0 Å². The minimum atomic E-state index is -0.0952. The summed E-state index contributed by atoms with van der Waals surface area (Å²) in [5, 5.41) is 9.99. The number of aromatic nitrogens is 2. The van der Waals surface area contributed by atoms with Gasteiger partial charge in [0, 0.05) is 12.1 Å². The highest BCUT2D eigenvalue weighted by Gasteiger charge is 2.16. The van der Waals surface area contributed by atoms with Crippen LogP contribution in [0.4, 0.5) is 0 Å². The van der Waals surface area contributed by atoms with E-state index in [-0.39, 0.29) is 17.9 Å². The van der Waals surface area contributed by atoms with Gasteiger partial charge in [-0.05, 0) is 26.0 Å². The normalized spacial score (nSPS) is 14.5. The summed E-state index contributed by atoms with van der Waals surface area (Å²) in [7, 11) is 0. The number of H-pyrrole nitrogens is 1. The van der Waals surface area contributed by atoms with Crippen LogP contribution in [0.15, 0.2) is 23.4 Å². The lowest BCUT2D eigenvalue weighted by atomic mass is 10.3. The van der Waals surface area contributed by atoms with E-state index < -0.39 is 0 Å². The second-order valence-corrected chi connectivity index (χ2v) is 5.58. The van der Waals surface area contributed by atoms with Gasteiger partial charge in [0.05, 0.1) is 29.5 Å². The van der Waals surface area contributed by atoms with E-state index in [0.29, 0.717) is 6.61 Å². The summed E-state index contributed by atoms with van der Waals surface area (Å²) >= 11 is 1.46. The smallest absolute Gasteiger partial charge is 0.166 e. The van der Waals surface area contributed by atoms with E-state index in [2.05, 4.69) is 9.97 Å². The van der Waals surface area contributed by atoms with Crippen LogP contribution < -0.4 is 10.5 Å². The topological polar surface area (TPSA) is 84.2 Å². The first-order chi connectivity index (χ1) is 9.13. The molecule has 0 aliphatic carbocycles. The van der Waals surface area contributed by atoms with Gasteiger partial charge in [-0.3, -0.25) is 0 Å². The molecular formula is C13H19N3O2S. The predicted octanol–water partition coefficient (Wildman–Crippen LogP) is 1.76. The quantitative estimate of drug-likeness (QED) is 0.703. The van der Waals surface area contributed by atoms with Gasteiger partial charge in [-0.2, -0.15) is 0 Å². The van der Waals surface area contributed by atoms with E-state index in [1.807, 2.05) is 32.0 Å². The Bertz CT molecular complexity index is 542. The van der Waals surface area contributed by atoms with Crippen LogP contribution in [0.25, 0.3) is 11.0 Å². The number of aliphatic hydroxyl groups excluding tert-OH is 1. The zero-order valence-corrected chi connectivity index (χ0v) is 11.9. The van der Waals surface area contributed by atoms with Gasteiger partial charge in [0.1, 0.15) is 5.75 Å². The zero-order chi connectivity index (χ0) is 13.8. The van der Waals surface area contributed by atoms with Crippen molar-refractivity contribution in [2.45, 2.75) is 30.3 Å². The summed E-state index contributed by atoms with van der Waals surface area (Å²) in [5.41, 5.74) is 7.62. The molecule has 1 aromatic heterocycles. The molecule has 0 saturated carbocycles. The summed E-state index contributed by atoms with van der Waals surface area (Å²) < 4.78 is 5.45. The molecule has 2 atom stereocenters. The first-order valence-corrected chi connectivity index (χ1v) is 7.17. The molecule has 0 amide bonds. The van der Waals surface area contributed by atoms with Crippen LogP contribution in [0.1, 0.15) is 13.8 Å². The molecule has 1 heterocycles. The van der Waals surface area contributed by atoms with Crippen molar-refractivity contribution in [1.82, 2.24) is 9.97 Å². The first-order valence-electron chi connectivity index (χ1n) is 6.29. The predicted molar refractivity (Wildman–Crippen MR) is 77.6 cm³/mol. The van der Waals surface area contributed by atoms with Gasteiger partial charge in [-0.25, -0.2) is 4.98 Å². The highest BCUT2D eigenvalue weighted by Crippen LogP contribution is 2.26. The number of hydrogen-bond acceptors (Lipinski definition) is 5. The fourth-order valence-electron chi connectivity index (χ4n) is 1.73. The Balaban J connectivity index is 2.21. The van der Waals surface area contributed by atoms with Crippen LogP contribution in [0.2, 0.25) is 0 Å². The lowest BCUT2D eigenvalue weighted by molar-refractivity contribution is 0.285. The van der Waals surface area contributed by atoms with E-state index >= 15 is 0 Å². The van der Waals surface area contributed by atoms with Crippen molar-refractivity contribution in [3.63, 3.8) is 0 Å². The lowest BCUT2D eigenvalue weighted by Crippen LogP contribution is -2.31. The molecular weight excluding hydrogens is 262 g/mol. The van der Waals surface area contributed by atoms with Gasteiger partial charge < -0.3 is 20.6 Å². The number of aliphatic hydroxyl groups is 1. The van der Waals surface area contributed by atoms with Gasteiger partial charge in [-0.15, -0.1) is 0 Å². The second kappa shape index (κ2) is 6.27. The van der Waals surface area contributed by atoms with Crippen molar-refractivity contribution in [1.29, 1.82) is 0 Å². The molecule has 1 aromatic carbocycles. The number of aromatic amines is 1. The molecule has 0 fully saturated rings. The minimum Gasteiger partial charge on any atom is -0.494 e. The number of hydrogen-bond donors (Lipinski definition) is 3. The maximum Gasteiger partial charge on any atom is 0.166 e. The molecule has 0 aliphatic rings. The van der Waals surface area contributed by atoms with E-state index in [0.717, 1.165) is 21.9 Å². The van der Waals surface area contributed by atoms with Gasteiger partial charge in [0.25, 0.3) is 0 Å². The van der Waals surface area contributed by atoms with E-state index in [1.54, 1.807) is 0 Å². The Morgan fingerprint density at radius 1 is 1.53 bits per heavy atom. The largest absolute Gasteiger partial charge is 0.494 e. The van der Waals surface area contributed by atoms with Crippen molar-refractivity contribution in [2.24, 2.45) is 5.73 Å². The van der Waals surface area contributed by atoms with Crippen molar-refractivity contribution in [2.75, 3.05) is 13.2 Å². The average Bonchev–Trinajstić information content (AvgIpc) is 2.77. The van der Waals surface area contributed by atoms with E-state index in [4.69, 9.17) is 10.5 Å². The number of nitrogens with one attached hydrogen (secondary N) is 1. The molecule has 0 saturated heterocycles. The van der Waals surface area contributed by atoms with Crippen molar-refractivity contribution < 1.29 is 9.84 Å². The lowest BCUT2D eigenvalue weighted by Gasteiger charge is -2.15. The number of imidazole rings is 1. The van der Waals surface area contributed by atoms with E-state index in [1.165, 1.54) is 11.8 Å². The molecule has 4 N–H and O–H groups in total. The number of fused-ring (bicyclic) bond motifs is 1. The Kier molecular flexibility index (Phi) is 4.68. The number of nitrogens with zero attached hydrogens (tertiary/aromatic N) is 1. The zero-order valence-electron chi connectivity index (χ0n) is 11.1. The Morgan fingerprint density at radius 2 is 2.32 bits per heavy atom. The van der Waals surface area contributed by atoms with Gasteiger partial charge in [-0.1, -0.05) is 11.8 Å². The second-order valence-electron chi connectivity index (χ2n) is 4.35. The number of benzene rings is 1. The van der Waals surface area contributed by atoms with Crippen LogP contribution in [-0.4, -0.2) is 39.6 Å². The number of rotatable bonds is 6. The summed E-state index contributed by atoms with van der Waals surface area (Å²) in [6.07, 6.45) is 0. The van der Waals surface area contributed by atoms with Crippen molar-refractivity contribution >= 4 is 22.8 Å². The molecule has 2 rings (SSSR count). The van der Waals surface area contributed by atoms with Gasteiger partial charge in [0.2, 0.25) is 0 Å². The Hall–Kier alpha value is -1.24. The van der Waals surface area contributed by atoms with Crippen molar-refractivity contribution in [3.8, 4) is 5.75 Å². The number of nitrogens with two attached hydrogens (primary N) is 1. The van der Waals surface area contributed by atoms with Gasteiger partial charge >= 0.3 is 0 Å². The molecule has 5 nitrogen and oxygen atoms in total. The fraction of sp³-hybridized carbons (Fsp3) is 0.462. The minimum absolute atomic E-state index is 0.0313. The molecule has 0 bridgehead atoms. The standard InChI is InChI=1S/C13H19N3O2S/c1-3-18-9-4-5-10-11(6-9)16-13(15-10)19-12(7-17)8(2)14/h4-6,8,12,17H,3,7,14H2,1-2H3,(H,15,16). The first kappa shape index (κ1) is 14.2. The molecule has 6 heteroatoms. The molecule has 2 aromatic rings. The van der Waals surface area contributed by atoms with E-state index in [9.17, 15) is 5.11 Å². The average molecular weight is 281 g/mol.